The van der Waals surface area contributed by atoms with Crippen molar-refractivity contribution in [3.8, 4) is 0 Å². The average molecular weight is 426 g/mol. The summed E-state index contributed by atoms with van der Waals surface area (Å²) in [6, 6.07) is 0. The third-order valence-electron chi connectivity index (χ3n) is 10.7. The highest BCUT2D eigenvalue weighted by atomic mass is 16.6. The Morgan fingerprint density at radius 1 is 1.23 bits per heavy atom. The molecule has 5 unspecified atom stereocenters. The van der Waals surface area contributed by atoms with Crippen molar-refractivity contribution in [2.45, 2.75) is 78.2 Å². The highest BCUT2D eigenvalue weighted by Gasteiger charge is 2.86. The Labute approximate surface area is 184 Å². The van der Waals surface area contributed by atoms with Gasteiger partial charge >= 0.3 is 5.97 Å². The van der Waals surface area contributed by atoms with E-state index in [9.17, 15) is 14.7 Å². The van der Waals surface area contributed by atoms with Gasteiger partial charge in [-0.05, 0) is 68.1 Å². The van der Waals surface area contributed by atoms with Crippen LogP contribution in [0.1, 0.15) is 72.1 Å². The van der Waals surface area contributed by atoms with E-state index in [0.717, 1.165) is 62.5 Å². The largest absolute Gasteiger partial charge is 0.481 e. The van der Waals surface area contributed by atoms with E-state index in [0.29, 0.717) is 18.3 Å². The molecular formula is C26H35NO4. The van der Waals surface area contributed by atoms with E-state index in [4.69, 9.17) is 9.99 Å². The number of aldehydes is 1. The minimum Gasteiger partial charge on any atom is -0.481 e. The smallest absolute Gasteiger partial charge is 0.315 e. The van der Waals surface area contributed by atoms with E-state index in [2.05, 4.69) is 26.8 Å². The molecule has 168 valence electrons. The molecule has 1 N–H and O–H groups in total. The lowest BCUT2D eigenvalue weighted by atomic mass is 9.41. The maximum atomic E-state index is 13.6. The van der Waals surface area contributed by atoms with Crippen LogP contribution in [0, 0.1) is 51.8 Å². The third-order valence-corrected chi connectivity index (χ3v) is 10.7. The number of carboxylic acid groups (broad SMARTS) is 1. The van der Waals surface area contributed by atoms with Gasteiger partial charge in [-0.1, -0.05) is 50.4 Å². The Morgan fingerprint density at radius 2 is 2.00 bits per heavy atom. The topological polar surface area (TPSA) is 76.0 Å². The van der Waals surface area contributed by atoms with Crippen molar-refractivity contribution in [2.24, 2.45) is 56.9 Å². The quantitative estimate of drug-likeness (QED) is 0.516. The molecule has 0 radical (unpaired) electrons. The first-order chi connectivity index (χ1) is 14.8. The lowest BCUT2D eigenvalue weighted by molar-refractivity contribution is -0.173. The molecule has 4 bridgehead atoms. The lowest BCUT2D eigenvalue weighted by Gasteiger charge is -2.58. The number of hydrogen-bond donors (Lipinski definition) is 1. The number of aliphatic carboxylic acids is 1. The predicted molar refractivity (Wildman–Crippen MR) is 116 cm³/mol. The highest BCUT2D eigenvalue weighted by Crippen LogP contribution is 2.83. The van der Waals surface area contributed by atoms with Crippen LogP contribution >= 0.6 is 0 Å². The molecule has 5 heteroatoms. The van der Waals surface area contributed by atoms with Gasteiger partial charge in [0.1, 0.15) is 17.8 Å². The van der Waals surface area contributed by atoms with Crippen LogP contribution in [0.5, 0.6) is 0 Å². The Kier molecular flexibility index (Phi) is 4.02. The van der Waals surface area contributed by atoms with Gasteiger partial charge in [0.25, 0.3) is 0 Å². The number of hydrogen-bond acceptors (Lipinski definition) is 4. The van der Waals surface area contributed by atoms with Gasteiger partial charge in [0.15, 0.2) is 0 Å². The third kappa shape index (κ3) is 1.95. The van der Waals surface area contributed by atoms with Gasteiger partial charge in [-0.3, -0.25) is 4.79 Å². The van der Waals surface area contributed by atoms with Crippen molar-refractivity contribution < 1.29 is 19.5 Å². The summed E-state index contributed by atoms with van der Waals surface area (Å²) in [6.07, 6.45) is 11.4. The zero-order valence-corrected chi connectivity index (χ0v) is 19.0. The molecule has 1 aliphatic heterocycles. The van der Waals surface area contributed by atoms with Crippen LogP contribution in [-0.4, -0.2) is 29.2 Å². The highest BCUT2D eigenvalue weighted by molar-refractivity contribution is 6.04. The van der Waals surface area contributed by atoms with Crippen LogP contribution in [0.15, 0.2) is 16.8 Å². The van der Waals surface area contributed by atoms with Crippen LogP contribution in [0.2, 0.25) is 0 Å². The summed E-state index contributed by atoms with van der Waals surface area (Å²) in [6.45, 7) is 6.51. The number of allylic oxidation sites excluding steroid dienone is 1. The molecule has 4 saturated carbocycles. The minimum absolute atomic E-state index is 0.0760. The molecule has 0 saturated heterocycles. The van der Waals surface area contributed by atoms with E-state index >= 15 is 0 Å². The fourth-order valence-electron chi connectivity index (χ4n) is 9.80. The van der Waals surface area contributed by atoms with Crippen LogP contribution in [0.25, 0.3) is 0 Å². The summed E-state index contributed by atoms with van der Waals surface area (Å²) in [5.74, 6) is 0.687. The average Bonchev–Trinajstić information content (AvgIpc) is 3.46. The van der Waals surface area contributed by atoms with E-state index in [-0.39, 0.29) is 29.8 Å². The van der Waals surface area contributed by atoms with Crippen molar-refractivity contribution in [1.82, 2.24) is 0 Å². The second-order valence-electron chi connectivity index (χ2n) is 11.8. The number of rotatable bonds is 4. The predicted octanol–water partition coefficient (Wildman–Crippen LogP) is 4.86. The van der Waals surface area contributed by atoms with Crippen molar-refractivity contribution in [3.05, 3.63) is 11.6 Å². The number of fused-ring (bicyclic) bond motifs is 3. The van der Waals surface area contributed by atoms with Crippen molar-refractivity contribution in [3.63, 3.8) is 0 Å². The van der Waals surface area contributed by atoms with Gasteiger partial charge in [-0.25, -0.2) is 0 Å². The molecule has 5 nitrogen and oxygen atoms in total. The zero-order valence-electron chi connectivity index (χ0n) is 19.0. The number of carboxylic acids is 1. The first kappa shape index (κ1) is 20.0. The normalized spacial score (nSPS) is 51.7. The summed E-state index contributed by atoms with van der Waals surface area (Å²) in [7, 11) is 0. The molecule has 0 spiro atoms. The number of nitrogens with zero attached hydrogens (tertiary/aromatic N) is 1. The van der Waals surface area contributed by atoms with Gasteiger partial charge in [-0.2, -0.15) is 0 Å². The summed E-state index contributed by atoms with van der Waals surface area (Å²) in [5, 5.41) is 15.9. The number of carbonyl (C=O) groups excluding carboxylic acids is 1. The molecule has 5 aliphatic carbocycles. The van der Waals surface area contributed by atoms with Crippen LogP contribution < -0.4 is 0 Å². The van der Waals surface area contributed by atoms with Crippen LogP contribution in [-0.2, 0) is 14.4 Å². The standard InChI is InChI=1S/C26H35NO4/c1-14(2)20-10-16-11-24(13-28)19-9-8-15(3)18(19)12-25(16,26(20,24)23(29)30)22-17-6-4-5-7-21(17)31-27-22/h10,13-19,21H,4-9,11-12H2,1-3H3,(H,29,30)/t15-,16?,17?,18-,19-,21?,24?,25?,26+/m1/s1. The lowest BCUT2D eigenvalue weighted by Crippen LogP contribution is -2.65. The first-order valence-electron chi connectivity index (χ1n) is 12.5. The Balaban J connectivity index is 1.63. The maximum absolute atomic E-state index is 13.6. The molecule has 0 aromatic carbocycles. The van der Waals surface area contributed by atoms with Gasteiger partial charge in [0.05, 0.1) is 11.1 Å². The van der Waals surface area contributed by atoms with Gasteiger partial charge in [-0.15, -0.1) is 0 Å². The molecule has 6 rings (SSSR count). The Bertz CT molecular complexity index is 907. The molecule has 1 heterocycles. The number of carbonyl (C=O) groups is 2. The van der Waals surface area contributed by atoms with Crippen LogP contribution in [0.3, 0.4) is 0 Å². The molecule has 4 fully saturated rings. The number of oxime groups is 1. The summed E-state index contributed by atoms with van der Waals surface area (Å²) in [4.78, 5) is 32.7. The van der Waals surface area contributed by atoms with E-state index in [1.807, 2.05) is 0 Å². The van der Waals surface area contributed by atoms with E-state index < -0.39 is 22.2 Å². The molecule has 9 atom stereocenters. The van der Waals surface area contributed by atoms with Crippen LogP contribution in [0.4, 0.5) is 0 Å². The first-order valence-corrected chi connectivity index (χ1v) is 12.5. The SMILES string of the molecule is CC(C)C1=CC2CC3(C=O)[C@@H]4CC[C@@H](C)[C@H]4CC2(C2=NOC4CCCCC24)[C@]13C(=O)O. The maximum Gasteiger partial charge on any atom is 0.315 e. The Morgan fingerprint density at radius 3 is 2.71 bits per heavy atom. The van der Waals surface area contributed by atoms with Crippen molar-refractivity contribution in [2.75, 3.05) is 0 Å². The van der Waals surface area contributed by atoms with Crippen molar-refractivity contribution in [1.29, 1.82) is 0 Å². The summed E-state index contributed by atoms with van der Waals surface area (Å²) >= 11 is 0. The van der Waals surface area contributed by atoms with Gasteiger partial charge in [0, 0.05) is 11.3 Å². The summed E-state index contributed by atoms with van der Waals surface area (Å²) < 4.78 is 0. The van der Waals surface area contributed by atoms with E-state index in [1.165, 1.54) is 0 Å². The van der Waals surface area contributed by atoms with Crippen molar-refractivity contribution >= 4 is 18.0 Å². The molecule has 0 aromatic heterocycles. The van der Waals surface area contributed by atoms with Gasteiger partial charge < -0.3 is 14.7 Å². The zero-order chi connectivity index (χ0) is 21.8. The fourth-order valence-corrected chi connectivity index (χ4v) is 9.80. The molecule has 6 aliphatic rings. The second kappa shape index (κ2) is 6.23. The summed E-state index contributed by atoms with van der Waals surface area (Å²) in [5.41, 5.74) is -0.585. The molecule has 0 amide bonds. The monoisotopic (exact) mass is 425 g/mol. The molecular weight excluding hydrogens is 390 g/mol. The van der Waals surface area contributed by atoms with E-state index in [1.54, 1.807) is 0 Å². The molecule has 0 aromatic rings. The molecule has 31 heavy (non-hydrogen) atoms. The fraction of sp³-hybridized carbons (Fsp3) is 0.808. The van der Waals surface area contributed by atoms with Gasteiger partial charge in [0.2, 0.25) is 0 Å². The minimum atomic E-state index is -1.17. The Hall–Kier alpha value is -1.65. The second-order valence-corrected chi connectivity index (χ2v) is 11.8.